The van der Waals surface area contributed by atoms with Crippen LogP contribution in [0.1, 0.15) is 36.0 Å². The first-order valence-corrected chi connectivity index (χ1v) is 8.02. The Bertz CT molecular complexity index is 618. The molecule has 0 spiro atoms. The molecule has 1 aliphatic heterocycles. The third-order valence-electron chi connectivity index (χ3n) is 4.65. The molecule has 0 saturated heterocycles. The minimum atomic E-state index is 0.159. The van der Waals surface area contributed by atoms with Crippen molar-refractivity contribution in [3.8, 4) is 0 Å². The maximum atomic E-state index is 5.49. The van der Waals surface area contributed by atoms with Crippen LogP contribution in [0.25, 0.3) is 0 Å². The van der Waals surface area contributed by atoms with Crippen molar-refractivity contribution in [3.63, 3.8) is 0 Å². The van der Waals surface area contributed by atoms with E-state index in [9.17, 15) is 0 Å². The molecule has 1 saturated carbocycles. The van der Waals surface area contributed by atoms with E-state index in [0.29, 0.717) is 6.61 Å². The molecule has 6 nitrogen and oxygen atoms in total. The van der Waals surface area contributed by atoms with Crippen LogP contribution in [0.3, 0.4) is 0 Å². The molecule has 0 unspecified atom stereocenters. The van der Waals surface area contributed by atoms with Gasteiger partial charge in [-0.2, -0.15) is 0 Å². The van der Waals surface area contributed by atoms with Gasteiger partial charge in [0.1, 0.15) is 11.5 Å². The Hall–Kier alpha value is -1.66. The van der Waals surface area contributed by atoms with Crippen molar-refractivity contribution in [3.05, 3.63) is 35.5 Å². The minimum Gasteiger partial charge on any atom is -0.468 e. The lowest BCUT2D eigenvalue weighted by molar-refractivity contribution is 0.0704. The summed E-state index contributed by atoms with van der Waals surface area (Å²) in [6, 6.07) is 4.11. The highest BCUT2D eigenvalue weighted by atomic mass is 16.5. The van der Waals surface area contributed by atoms with E-state index in [-0.39, 0.29) is 6.04 Å². The number of methoxy groups -OCH3 is 1. The van der Waals surface area contributed by atoms with Crippen LogP contribution in [0.4, 0.5) is 0 Å². The summed E-state index contributed by atoms with van der Waals surface area (Å²) < 4.78 is 13.1. The maximum Gasteiger partial charge on any atom is 0.117 e. The topological polar surface area (TPSA) is 56.3 Å². The summed E-state index contributed by atoms with van der Waals surface area (Å²) in [5.41, 5.74) is 2.38. The van der Waals surface area contributed by atoms with E-state index in [2.05, 4.69) is 19.9 Å². The van der Waals surface area contributed by atoms with Crippen LogP contribution in [-0.4, -0.2) is 40.2 Å². The molecule has 2 aromatic heterocycles. The third kappa shape index (κ3) is 2.68. The summed E-state index contributed by atoms with van der Waals surface area (Å²) in [4.78, 5) is 2.38. The number of fused-ring (bicyclic) bond motifs is 1. The van der Waals surface area contributed by atoms with Gasteiger partial charge in [-0.05, 0) is 30.9 Å². The molecule has 22 heavy (non-hydrogen) atoms. The predicted octanol–water partition coefficient (Wildman–Crippen LogP) is 2.03. The highest BCUT2D eigenvalue weighted by Gasteiger charge is 2.33. The minimum absolute atomic E-state index is 0.159. The van der Waals surface area contributed by atoms with Crippen LogP contribution >= 0.6 is 0 Å². The zero-order valence-electron chi connectivity index (χ0n) is 12.9. The van der Waals surface area contributed by atoms with E-state index in [1.807, 2.05) is 12.1 Å². The van der Waals surface area contributed by atoms with Gasteiger partial charge in [0.25, 0.3) is 0 Å². The van der Waals surface area contributed by atoms with E-state index >= 15 is 0 Å². The molecule has 0 radical (unpaired) electrons. The van der Waals surface area contributed by atoms with Gasteiger partial charge in [0.2, 0.25) is 0 Å². The molecule has 1 atom stereocenters. The molecule has 0 amide bonds. The average molecular weight is 302 g/mol. The Morgan fingerprint density at radius 2 is 2.32 bits per heavy atom. The number of hydrogen-bond acceptors (Lipinski definition) is 5. The predicted molar refractivity (Wildman–Crippen MR) is 80.2 cm³/mol. The summed E-state index contributed by atoms with van der Waals surface area (Å²) in [5, 5.41) is 8.88. The Kier molecular flexibility index (Phi) is 3.72. The van der Waals surface area contributed by atoms with Crippen LogP contribution in [0, 0.1) is 5.92 Å². The van der Waals surface area contributed by atoms with Crippen molar-refractivity contribution in [1.82, 2.24) is 19.9 Å². The van der Waals surface area contributed by atoms with Gasteiger partial charge in [0.05, 0.1) is 31.2 Å². The van der Waals surface area contributed by atoms with Crippen molar-refractivity contribution in [1.29, 1.82) is 0 Å². The van der Waals surface area contributed by atoms with Crippen molar-refractivity contribution < 1.29 is 9.15 Å². The highest BCUT2D eigenvalue weighted by Crippen LogP contribution is 2.34. The van der Waals surface area contributed by atoms with Crippen molar-refractivity contribution in [2.45, 2.75) is 38.4 Å². The Morgan fingerprint density at radius 1 is 1.41 bits per heavy atom. The number of ether oxygens (including phenoxy) is 1. The molecule has 0 bridgehead atoms. The Morgan fingerprint density at radius 3 is 3.05 bits per heavy atom. The fourth-order valence-corrected chi connectivity index (χ4v) is 3.27. The standard InChI is InChI=1S/C16H22N4O2/c1-21-11-15-16-14(20(18-17-16)9-12-4-5-12)6-7-19(15)10-13-3-2-8-22-13/h2-3,8,12,15H,4-7,9-11H2,1H3/t15-/m0/s1. The van der Waals surface area contributed by atoms with Crippen LogP contribution in [-0.2, 0) is 24.2 Å². The molecule has 0 N–H and O–H groups in total. The molecule has 1 aliphatic carbocycles. The molecule has 3 heterocycles. The Labute approximate surface area is 130 Å². The number of aromatic nitrogens is 3. The van der Waals surface area contributed by atoms with Gasteiger partial charge in [-0.15, -0.1) is 5.10 Å². The molecule has 4 rings (SSSR count). The normalized spacial score (nSPS) is 22.0. The van der Waals surface area contributed by atoms with Crippen molar-refractivity contribution in [2.75, 3.05) is 20.3 Å². The molecule has 2 aromatic rings. The molecule has 2 aliphatic rings. The maximum absolute atomic E-state index is 5.49. The molecular weight excluding hydrogens is 280 g/mol. The van der Waals surface area contributed by atoms with E-state index in [1.54, 1.807) is 13.4 Å². The average Bonchev–Trinajstić information content (AvgIpc) is 3.02. The van der Waals surface area contributed by atoms with Crippen LogP contribution in [0.2, 0.25) is 0 Å². The smallest absolute Gasteiger partial charge is 0.117 e. The van der Waals surface area contributed by atoms with Crippen LogP contribution < -0.4 is 0 Å². The fraction of sp³-hybridized carbons (Fsp3) is 0.625. The van der Waals surface area contributed by atoms with Gasteiger partial charge in [0, 0.05) is 26.6 Å². The molecular formula is C16H22N4O2. The van der Waals surface area contributed by atoms with Crippen molar-refractivity contribution >= 4 is 0 Å². The highest BCUT2D eigenvalue weighted by molar-refractivity contribution is 5.20. The van der Waals surface area contributed by atoms with Crippen LogP contribution in [0.15, 0.2) is 22.8 Å². The number of rotatable bonds is 6. The molecule has 6 heteroatoms. The first-order valence-electron chi connectivity index (χ1n) is 8.02. The van der Waals surface area contributed by atoms with Crippen LogP contribution in [0.5, 0.6) is 0 Å². The van der Waals surface area contributed by atoms with E-state index in [0.717, 1.165) is 43.4 Å². The monoisotopic (exact) mass is 302 g/mol. The van der Waals surface area contributed by atoms with Gasteiger partial charge in [-0.25, -0.2) is 4.68 Å². The number of nitrogens with zero attached hydrogens (tertiary/aromatic N) is 4. The first kappa shape index (κ1) is 14.0. The lowest BCUT2D eigenvalue weighted by Crippen LogP contribution is -2.38. The summed E-state index contributed by atoms with van der Waals surface area (Å²) in [6.45, 7) is 3.44. The van der Waals surface area contributed by atoms with Gasteiger partial charge in [-0.1, -0.05) is 5.21 Å². The van der Waals surface area contributed by atoms with Gasteiger partial charge in [-0.3, -0.25) is 4.90 Å². The van der Waals surface area contributed by atoms with E-state index in [4.69, 9.17) is 9.15 Å². The van der Waals surface area contributed by atoms with Gasteiger partial charge in [0.15, 0.2) is 0 Å². The lowest BCUT2D eigenvalue weighted by Gasteiger charge is -2.33. The number of hydrogen-bond donors (Lipinski definition) is 0. The zero-order valence-corrected chi connectivity index (χ0v) is 12.9. The quantitative estimate of drug-likeness (QED) is 0.817. The molecule has 0 aromatic carbocycles. The Balaban J connectivity index is 1.57. The SMILES string of the molecule is COC[C@H]1c2nnn(CC3CC3)c2CCN1Cc1ccco1. The lowest BCUT2D eigenvalue weighted by atomic mass is 10.0. The first-order chi connectivity index (χ1) is 10.8. The van der Waals surface area contributed by atoms with Gasteiger partial charge >= 0.3 is 0 Å². The van der Waals surface area contributed by atoms with E-state index in [1.165, 1.54) is 18.5 Å². The van der Waals surface area contributed by atoms with Crippen molar-refractivity contribution in [2.24, 2.45) is 5.92 Å². The molecule has 1 fully saturated rings. The van der Waals surface area contributed by atoms with E-state index < -0.39 is 0 Å². The zero-order chi connectivity index (χ0) is 14.9. The second-order valence-electron chi connectivity index (χ2n) is 6.32. The number of furan rings is 1. The summed E-state index contributed by atoms with van der Waals surface area (Å²) in [7, 11) is 1.74. The summed E-state index contributed by atoms with van der Waals surface area (Å²) in [6.07, 6.45) is 5.39. The largest absolute Gasteiger partial charge is 0.468 e. The van der Waals surface area contributed by atoms with Gasteiger partial charge < -0.3 is 9.15 Å². The molecule has 118 valence electrons. The summed E-state index contributed by atoms with van der Waals surface area (Å²) >= 11 is 0. The fourth-order valence-electron chi connectivity index (χ4n) is 3.27. The second kappa shape index (κ2) is 5.85. The third-order valence-corrected chi connectivity index (χ3v) is 4.65. The second-order valence-corrected chi connectivity index (χ2v) is 6.32. The summed E-state index contributed by atoms with van der Waals surface area (Å²) in [5.74, 6) is 1.79.